The average molecular weight is 290 g/mol. The van der Waals surface area contributed by atoms with E-state index >= 15 is 0 Å². The molecular formula is C14H18N4O3. The molecule has 1 aliphatic rings. The predicted octanol–water partition coefficient (Wildman–Crippen LogP) is 1.60. The van der Waals surface area contributed by atoms with E-state index < -0.39 is 6.09 Å². The van der Waals surface area contributed by atoms with Crippen molar-refractivity contribution < 1.29 is 14.6 Å². The van der Waals surface area contributed by atoms with Crippen LogP contribution in [0, 0.1) is 0 Å². The first-order valence-electron chi connectivity index (χ1n) is 6.95. The van der Waals surface area contributed by atoms with Crippen LogP contribution in [0.15, 0.2) is 24.9 Å². The molecule has 0 radical (unpaired) electrons. The van der Waals surface area contributed by atoms with Crippen LogP contribution in [0.25, 0.3) is 5.52 Å². The van der Waals surface area contributed by atoms with Crippen LogP contribution in [0.5, 0.6) is 0 Å². The van der Waals surface area contributed by atoms with Crippen LogP contribution in [-0.2, 0) is 4.74 Å². The Balaban J connectivity index is 1.85. The summed E-state index contributed by atoms with van der Waals surface area (Å²) in [4.78, 5) is 21.5. The third-order valence-corrected chi connectivity index (χ3v) is 4.07. The number of rotatable bonds is 3. The lowest BCUT2D eigenvalue weighted by atomic mass is 9.90. The number of hydrogen-bond donors (Lipinski definition) is 1. The fourth-order valence-electron chi connectivity index (χ4n) is 3.03. The summed E-state index contributed by atoms with van der Waals surface area (Å²) >= 11 is 0. The van der Waals surface area contributed by atoms with Crippen molar-refractivity contribution in [2.45, 2.75) is 24.8 Å². The van der Waals surface area contributed by atoms with Gasteiger partial charge in [0.25, 0.3) is 0 Å². The van der Waals surface area contributed by atoms with Crippen molar-refractivity contribution in [3.05, 3.63) is 30.6 Å². The maximum Gasteiger partial charge on any atom is 0.407 e. The van der Waals surface area contributed by atoms with Gasteiger partial charge in [-0.05, 0) is 12.8 Å². The van der Waals surface area contributed by atoms with Gasteiger partial charge in [0.05, 0.1) is 36.4 Å². The third kappa shape index (κ3) is 2.56. The van der Waals surface area contributed by atoms with Gasteiger partial charge >= 0.3 is 6.09 Å². The molecule has 112 valence electrons. The molecule has 0 aromatic carbocycles. The summed E-state index contributed by atoms with van der Waals surface area (Å²) in [5.41, 5.74) is 1.86. The number of nitrogens with zero attached hydrogens (tertiary/aromatic N) is 4. The van der Waals surface area contributed by atoms with E-state index in [-0.39, 0.29) is 12.0 Å². The van der Waals surface area contributed by atoms with Crippen molar-refractivity contribution in [1.29, 1.82) is 0 Å². The molecule has 0 bridgehead atoms. The number of aromatic nitrogens is 3. The van der Waals surface area contributed by atoms with Gasteiger partial charge in [-0.1, -0.05) is 0 Å². The molecule has 0 saturated carbocycles. The molecular weight excluding hydrogens is 272 g/mol. The second-order valence-electron chi connectivity index (χ2n) is 5.32. The molecule has 7 heteroatoms. The number of methoxy groups -OCH3 is 1. The molecule has 0 spiro atoms. The van der Waals surface area contributed by atoms with Crippen molar-refractivity contribution in [3.8, 4) is 0 Å². The molecule has 3 rings (SSSR count). The topological polar surface area (TPSA) is 80.0 Å². The molecule has 1 N–H and O–H groups in total. The molecule has 1 aliphatic heterocycles. The summed E-state index contributed by atoms with van der Waals surface area (Å²) in [7, 11) is 1.60. The minimum atomic E-state index is -0.900. The van der Waals surface area contributed by atoms with E-state index in [0.717, 1.165) is 24.1 Å². The van der Waals surface area contributed by atoms with Gasteiger partial charge < -0.3 is 19.1 Å². The smallest absolute Gasteiger partial charge is 0.407 e. The molecule has 1 saturated heterocycles. The van der Waals surface area contributed by atoms with Crippen molar-refractivity contribution in [3.63, 3.8) is 0 Å². The van der Waals surface area contributed by atoms with Crippen molar-refractivity contribution >= 4 is 11.6 Å². The van der Waals surface area contributed by atoms with Crippen LogP contribution >= 0.6 is 0 Å². The molecule has 1 amide bonds. The van der Waals surface area contributed by atoms with Gasteiger partial charge in [0.1, 0.15) is 0 Å². The zero-order valence-electron chi connectivity index (χ0n) is 11.8. The molecule has 7 nitrogen and oxygen atoms in total. The highest BCUT2D eigenvalue weighted by Gasteiger charge is 2.33. The van der Waals surface area contributed by atoms with Gasteiger partial charge in [-0.25, -0.2) is 9.78 Å². The largest absolute Gasteiger partial charge is 0.465 e. The summed E-state index contributed by atoms with van der Waals surface area (Å²) in [5, 5.41) is 9.40. The first kappa shape index (κ1) is 13.8. The van der Waals surface area contributed by atoms with Crippen LogP contribution < -0.4 is 0 Å². The van der Waals surface area contributed by atoms with Gasteiger partial charge in [-0.2, -0.15) is 0 Å². The number of likely N-dealkylation sites (tertiary alicyclic amines) is 1. The summed E-state index contributed by atoms with van der Waals surface area (Å²) in [6.07, 6.45) is 7.86. The summed E-state index contributed by atoms with van der Waals surface area (Å²) in [6, 6.07) is -0.0734. The number of amides is 1. The number of piperidine rings is 1. The van der Waals surface area contributed by atoms with Crippen LogP contribution in [0.3, 0.4) is 0 Å². The Morgan fingerprint density at radius 1 is 1.52 bits per heavy atom. The fourth-order valence-corrected chi connectivity index (χ4v) is 3.03. The minimum Gasteiger partial charge on any atom is -0.465 e. The third-order valence-electron chi connectivity index (χ3n) is 4.07. The highest BCUT2D eigenvalue weighted by Crippen LogP contribution is 2.31. The molecule has 2 aromatic heterocycles. The lowest BCUT2D eigenvalue weighted by molar-refractivity contribution is 0.0550. The predicted molar refractivity (Wildman–Crippen MR) is 75.4 cm³/mol. The Labute approximate surface area is 122 Å². The standard InChI is InChI=1S/C14H18N4O3/c1-21-8-11-3-2-10(7-18(11)14(19)20)13-12-6-15-4-5-17(12)9-16-13/h4-6,9-11H,2-3,7-8H2,1H3,(H,19,20). The van der Waals surface area contributed by atoms with Gasteiger partial charge in [-0.15, -0.1) is 0 Å². The Morgan fingerprint density at radius 2 is 2.38 bits per heavy atom. The lowest BCUT2D eigenvalue weighted by Gasteiger charge is -2.37. The number of carboxylic acid groups (broad SMARTS) is 1. The quantitative estimate of drug-likeness (QED) is 0.928. The van der Waals surface area contributed by atoms with Crippen LogP contribution in [-0.4, -0.2) is 56.8 Å². The molecule has 1 fully saturated rings. The highest BCUT2D eigenvalue weighted by molar-refractivity contribution is 5.66. The number of fused-ring (bicyclic) bond motifs is 1. The first-order valence-corrected chi connectivity index (χ1v) is 6.95. The second kappa shape index (κ2) is 5.69. The lowest BCUT2D eigenvalue weighted by Crippen LogP contribution is -2.47. The Morgan fingerprint density at radius 3 is 3.14 bits per heavy atom. The van der Waals surface area contributed by atoms with E-state index in [1.165, 1.54) is 4.90 Å². The normalized spacial score (nSPS) is 22.6. The molecule has 2 atom stereocenters. The number of ether oxygens (including phenoxy) is 1. The van der Waals surface area contributed by atoms with Crippen LogP contribution in [0.2, 0.25) is 0 Å². The Bertz CT molecular complexity index is 642. The maximum absolute atomic E-state index is 11.5. The molecule has 0 aliphatic carbocycles. The maximum atomic E-state index is 11.5. The minimum absolute atomic E-state index is 0.0734. The zero-order valence-corrected chi connectivity index (χ0v) is 11.8. The van der Waals surface area contributed by atoms with E-state index in [9.17, 15) is 9.90 Å². The second-order valence-corrected chi connectivity index (χ2v) is 5.32. The highest BCUT2D eigenvalue weighted by atomic mass is 16.5. The SMILES string of the molecule is COCC1CCC(c2ncn3ccncc23)CN1C(=O)O. The molecule has 2 aromatic rings. The van der Waals surface area contributed by atoms with E-state index in [0.29, 0.717) is 13.2 Å². The van der Waals surface area contributed by atoms with Crippen molar-refractivity contribution in [1.82, 2.24) is 19.3 Å². The molecule has 3 heterocycles. The van der Waals surface area contributed by atoms with Gasteiger partial charge in [0, 0.05) is 32.0 Å². The zero-order chi connectivity index (χ0) is 14.8. The van der Waals surface area contributed by atoms with Gasteiger partial charge in [0.15, 0.2) is 0 Å². The van der Waals surface area contributed by atoms with Crippen LogP contribution in [0.1, 0.15) is 24.5 Å². The van der Waals surface area contributed by atoms with Gasteiger partial charge in [-0.3, -0.25) is 4.98 Å². The monoisotopic (exact) mass is 290 g/mol. The van der Waals surface area contributed by atoms with Gasteiger partial charge in [0.2, 0.25) is 0 Å². The van der Waals surface area contributed by atoms with Crippen molar-refractivity contribution in [2.24, 2.45) is 0 Å². The van der Waals surface area contributed by atoms with E-state index in [2.05, 4.69) is 9.97 Å². The Hall–Kier alpha value is -2.15. The van der Waals surface area contributed by atoms with Crippen LogP contribution in [0.4, 0.5) is 4.79 Å². The summed E-state index contributed by atoms with van der Waals surface area (Å²) in [5.74, 6) is 0.100. The number of hydrogen-bond acceptors (Lipinski definition) is 4. The van der Waals surface area contributed by atoms with E-state index in [1.54, 1.807) is 25.8 Å². The number of imidazole rings is 1. The molecule has 2 unspecified atom stereocenters. The summed E-state index contributed by atoms with van der Waals surface area (Å²) in [6.45, 7) is 0.884. The molecule has 21 heavy (non-hydrogen) atoms. The van der Waals surface area contributed by atoms with E-state index in [4.69, 9.17) is 4.74 Å². The summed E-state index contributed by atoms with van der Waals surface area (Å²) < 4.78 is 7.03. The fraction of sp³-hybridized carbons (Fsp3) is 0.500. The van der Waals surface area contributed by atoms with E-state index in [1.807, 2.05) is 10.6 Å². The first-order chi connectivity index (χ1) is 10.2. The average Bonchev–Trinajstić information content (AvgIpc) is 2.92. The Kier molecular flexibility index (Phi) is 3.74. The van der Waals surface area contributed by atoms with Crippen molar-refractivity contribution in [2.75, 3.05) is 20.3 Å². The number of carbonyl (C=O) groups is 1.